The molecule has 1 aliphatic rings. The molecule has 2 N–H and O–H groups in total. The van der Waals surface area contributed by atoms with E-state index in [-0.39, 0.29) is 18.0 Å². The highest BCUT2D eigenvalue weighted by atomic mass is 16.1. The van der Waals surface area contributed by atoms with Crippen LogP contribution in [-0.2, 0) is 4.79 Å². The topological polar surface area (TPSA) is 71.8 Å². The summed E-state index contributed by atoms with van der Waals surface area (Å²) >= 11 is 0. The maximum Gasteiger partial charge on any atom is 0.250 e. The van der Waals surface area contributed by atoms with Crippen LogP contribution >= 0.6 is 0 Å². The SMILES string of the molecule is CC(=O)Nc1nc2n(n1)C(c1ccc(C)cc1)CC(c1ccccc1)N2. The quantitative estimate of drug-likeness (QED) is 0.758. The zero-order chi connectivity index (χ0) is 18.1. The first-order valence-electron chi connectivity index (χ1n) is 8.72. The van der Waals surface area contributed by atoms with Gasteiger partial charge in [0, 0.05) is 6.92 Å². The summed E-state index contributed by atoms with van der Waals surface area (Å²) in [4.78, 5) is 15.8. The molecular weight excluding hydrogens is 326 g/mol. The molecule has 3 aromatic rings. The highest BCUT2D eigenvalue weighted by Gasteiger charge is 2.31. The van der Waals surface area contributed by atoms with E-state index in [9.17, 15) is 4.79 Å². The molecule has 132 valence electrons. The summed E-state index contributed by atoms with van der Waals surface area (Å²) in [5.74, 6) is 0.810. The van der Waals surface area contributed by atoms with Crippen molar-refractivity contribution in [3.8, 4) is 0 Å². The molecule has 0 aliphatic carbocycles. The normalized spacial score (nSPS) is 18.7. The summed E-state index contributed by atoms with van der Waals surface area (Å²) in [6.45, 7) is 3.53. The highest BCUT2D eigenvalue weighted by Crippen LogP contribution is 2.38. The fourth-order valence-electron chi connectivity index (χ4n) is 3.36. The number of nitrogens with one attached hydrogen (secondary N) is 2. The minimum atomic E-state index is -0.181. The fourth-order valence-corrected chi connectivity index (χ4v) is 3.36. The average Bonchev–Trinajstić information content (AvgIpc) is 3.04. The highest BCUT2D eigenvalue weighted by molar-refractivity contribution is 5.86. The van der Waals surface area contributed by atoms with Gasteiger partial charge >= 0.3 is 0 Å². The Labute approximate surface area is 152 Å². The number of benzene rings is 2. The molecule has 2 heterocycles. The number of rotatable bonds is 3. The smallest absolute Gasteiger partial charge is 0.250 e. The number of carbonyl (C=O) groups excluding carboxylic acids is 1. The molecule has 1 aliphatic heterocycles. The van der Waals surface area contributed by atoms with Gasteiger partial charge in [0.25, 0.3) is 5.95 Å². The van der Waals surface area contributed by atoms with Gasteiger partial charge in [0.1, 0.15) is 0 Å². The number of fused-ring (bicyclic) bond motifs is 1. The molecule has 26 heavy (non-hydrogen) atoms. The lowest BCUT2D eigenvalue weighted by Gasteiger charge is -2.31. The summed E-state index contributed by atoms with van der Waals surface area (Å²) < 4.78 is 1.87. The molecule has 2 unspecified atom stereocenters. The zero-order valence-corrected chi connectivity index (χ0v) is 14.8. The molecule has 0 radical (unpaired) electrons. The van der Waals surface area contributed by atoms with Crippen LogP contribution in [0.25, 0.3) is 0 Å². The van der Waals surface area contributed by atoms with Crippen molar-refractivity contribution in [2.45, 2.75) is 32.4 Å². The number of anilines is 2. The lowest BCUT2D eigenvalue weighted by molar-refractivity contribution is -0.114. The first-order chi connectivity index (χ1) is 12.6. The fraction of sp³-hybridized carbons (Fsp3) is 0.250. The van der Waals surface area contributed by atoms with Gasteiger partial charge in [0.15, 0.2) is 0 Å². The zero-order valence-electron chi connectivity index (χ0n) is 14.8. The van der Waals surface area contributed by atoms with E-state index in [1.165, 1.54) is 23.6 Å². The number of hydrogen-bond acceptors (Lipinski definition) is 4. The first-order valence-corrected chi connectivity index (χ1v) is 8.72. The van der Waals surface area contributed by atoms with Crippen LogP contribution in [0.4, 0.5) is 11.9 Å². The van der Waals surface area contributed by atoms with Gasteiger partial charge in [-0.15, -0.1) is 5.10 Å². The molecule has 1 aromatic heterocycles. The van der Waals surface area contributed by atoms with E-state index in [1.54, 1.807) is 0 Å². The van der Waals surface area contributed by atoms with E-state index < -0.39 is 0 Å². The third-order valence-electron chi connectivity index (χ3n) is 4.64. The van der Waals surface area contributed by atoms with Gasteiger partial charge < -0.3 is 5.32 Å². The molecule has 1 amide bonds. The Hall–Kier alpha value is -3.15. The molecule has 6 nitrogen and oxygen atoms in total. The molecule has 0 saturated heterocycles. The lowest BCUT2D eigenvalue weighted by atomic mass is 9.93. The van der Waals surface area contributed by atoms with Gasteiger partial charge in [-0.3, -0.25) is 10.1 Å². The summed E-state index contributed by atoms with van der Waals surface area (Å²) in [5.41, 5.74) is 3.61. The van der Waals surface area contributed by atoms with Crippen molar-refractivity contribution >= 4 is 17.8 Å². The Morgan fingerprint density at radius 2 is 1.85 bits per heavy atom. The summed E-state index contributed by atoms with van der Waals surface area (Å²) in [7, 11) is 0. The van der Waals surface area contributed by atoms with Crippen LogP contribution in [-0.4, -0.2) is 20.7 Å². The van der Waals surface area contributed by atoms with Gasteiger partial charge in [0.05, 0.1) is 12.1 Å². The molecule has 0 fully saturated rings. The van der Waals surface area contributed by atoms with Gasteiger partial charge in [0.2, 0.25) is 11.9 Å². The molecule has 6 heteroatoms. The average molecular weight is 347 g/mol. The van der Waals surface area contributed by atoms with Crippen molar-refractivity contribution in [2.75, 3.05) is 10.6 Å². The largest absolute Gasteiger partial charge is 0.347 e. The van der Waals surface area contributed by atoms with Crippen molar-refractivity contribution in [2.24, 2.45) is 0 Å². The maximum absolute atomic E-state index is 11.4. The standard InChI is InChI=1S/C20H21N5O/c1-13-8-10-16(11-9-13)18-12-17(15-6-4-3-5-7-15)22-20-23-19(21-14(2)26)24-25(18)20/h3-11,17-18H,12H2,1-2H3,(H2,21,22,23,24,26). The molecular formula is C20H21N5O. The number of nitrogens with zero attached hydrogens (tertiary/aromatic N) is 3. The van der Waals surface area contributed by atoms with Gasteiger partial charge in [-0.2, -0.15) is 4.98 Å². The third kappa shape index (κ3) is 3.18. The number of aryl methyl sites for hydroxylation is 1. The Morgan fingerprint density at radius 1 is 1.12 bits per heavy atom. The van der Waals surface area contributed by atoms with Crippen LogP contribution in [0.2, 0.25) is 0 Å². The van der Waals surface area contributed by atoms with E-state index in [4.69, 9.17) is 0 Å². The van der Waals surface area contributed by atoms with E-state index in [2.05, 4.69) is 64.0 Å². The Morgan fingerprint density at radius 3 is 2.54 bits per heavy atom. The first kappa shape index (κ1) is 16.3. The third-order valence-corrected chi connectivity index (χ3v) is 4.64. The van der Waals surface area contributed by atoms with Gasteiger partial charge in [-0.05, 0) is 24.5 Å². The van der Waals surface area contributed by atoms with Crippen LogP contribution < -0.4 is 10.6 Å². The second kappa shape index (κ2) is 6.63. The Balaban J connectivity index is 1.75. The molecule has 2 atom stereocenters. The predicted molar refractivity (Wildman–Crippen MR) is 101 cm³/mol. The minimum absolute atomic E-state index is 0.0482. The second-order valence-corrected chi connectivity index (χ2v) is 6.65. The molecule has 0 saturated carbocycles. The predicted octanol–water partition coefficient (Wildman–Crippen LogP) is 3.69. The number of carbonyl (C=O) groups is 1. The molecule has 0 spiro atoms. The number of amides is 1. The number of hydrogen-bond donors (Lipinski definition) is 2. The summed E-state index contributed by atoms with van der Waals surface area (Å²) in [6.07, 6.45) is 0.850. The van der Waals surface area contributed by atoms with E-state index in [0.717, 1.165) is 6.42 Å². The Kier molecular flexibility index (Phi) is 4.16. The van der Waals surface area contributed by atoms with Crippen molar-refractivity contribution in [1.82, 2.24) is 14.8 Å². The summed E-state index contributed by atoms with van der Waals surface area (Å²) in [6, 6.07) is 19.0. The van der Waals surface area contributed by atoms with Crippen molar-refractivity contribution in [3.05, 3.63) is 71.3 Å². The summed E-state index contributed by atoms with van der Waals surface area (Å²) in [5, 5.41) is 10.6. The molecule has 0 bridgehead atoms. The van der Waals surface area contributed by atoms with Crippen molar-refractivity contribution in [1.29, 1.82) is 0 Å². The Bertz CT molecular complexity index is 917. The van der Waals surface area contributed by atoms with E-state index in [0.29, 0.717) is 11.9 Å². The van der Waals surface area contributed by atoms with Crippen molar-refractivity contribution in [3.63, 3.8) is 0 Å². The monoisotopic (exact) mass is 347 g/mol. The van der Waals surface area contributed by atoms with Crippen molar-refractivity contribution < 1.29 is 4.79 Å². The molecule has 2 aromatic carbocycles. The second-order valence-electron chi connectivity index (χ2n) is 6.65. The van der Waals surface area contributed by atoms with Crippen LogP contribution in [0.5, 0.6) is 0 Å². The van der Waals surface area contributed by atoms with Crippen LogP contribution in [0.15, 0.2) is 54.6 Å². The minimum Gasteiger partial charge on any atom is -0.347 e. The van der Waals surface area contributed by atoms with Crippen LogP contribution in [0.1, 0.15) is 42.1 Å². The maximum atomic E-state index is 11.4. The van der Waals surface area contributed by atoms with Gasteiger partial charge in [-0.1, -0.05) is 60.2 Å². The van der Waals surface area contributed by atoms with Crippen LogP contribution in [0, 0.1) is 6.92 Å². The van der Waals surface area contributed by atoms with E-state index in [1.807, 2.05) is 22.9 Å². The van der Waals surface area contributed by atoms with Crippen LogP contribution in [0.3, 0.4) is 0 Å². The number of aromatic nitrogens is 3. The lowest BCUT2D eigenvalue weighted by Crippen LogP contribution is -2.28. The van der Waals surface area contributed by atoms with Gasteiger partial charge in [-0.25, -0.2) is 4.68 Å². The van der Waals surface area contributed by atoms with E-state index >= 15 is 0 Å². The molecule has 4 rings (SSSR count).